The molecule has 1 aliphatic rings. The van der Waals surface area contributed by atoms with Crippen molar-refractivity contribution in [2.45, 2.75) is 37.1 Å². The quantitative estimate of drug-likeness (QED) is 0.889. The van der Waals surface area contributed by atoms with Crippen LogP contribution in [0, 0.1) is 0 Å². The van der Waals surface area contributed by atoms with Crippen molar-refractivity contribution in [3.8, 4) is 11.5 Å². The van der Waals surface area contributed by atoms with Crippen LogP contribution in [0.25, 0.3) is 0 Å². The highest BCUT2D eigenvalue weighted by atomic mass is 32.2. The Kier molecular flexibility index (Phi) is 5.01. The topological polar surface area (TPSA) is 64.6 Å². The van der Waals surface area contributed by atoms with Crippen molar-refractivity contribution >= 4 is 10.0 Å². The fraction of sp³-hybridized carbons (Fsp3) is 0.368. The summed E-state index contributed by atoms with van der Waals surface area (Å²) in [6.45, 7) is 4.46. The van der Waals surface area contributed by atoms with Crippen LogP contribution in [-0.2, 0) is 16.4 Å². The third kappa shape index (κ3) is 3.96. The highest BCUT2D eigenvalue weighted by molar-refractivity contribution is 7.89. The highest BCUT2D eigenvalue weighted by Crippen LogP contribution is 2.29. The minimum atomic E-state index is -3.58. The van der Waals surface area contributed by atoms with E-state index in [-0.39, 0.29) is 10.9 Å². The van der Waals surface area contributed by atoms with Crippen LogP contribution in [0.15, 0.2) is 47.4 Å². The maximum Gasteiger partial charge on any atom is 0.240 e. The molecule has 0 amide bonds. The molecule has 0 aromatic heterocycles. The minimum absolute atomic E-state index is 0.272. The highest BCUT2D eigenvalue weighted by Gasteiger charge is 2.25. The van der Waals surface area contributed by atoms with E-state index in [2.05, 4.69) is 18.6 Å². The Balaban J connectivity index is 1.75. The maximum absolute atomic E-state index is 12.6. The Morgan fingerprint density at radius 3 is 2.52 bits per heavy atom. The number of rotatable bonds is 5. The number of nitrogens with one attached hydrogen (secondary N) is 1. The van der Waals surface area contributed by atoms with E-state index in [1.165, 1.54) is 0 Å². The van der Waals surface area contributed by atoms with Gasteiger partial charge in [0.15, 0.2) is 0 Å². The first-order valence-electron chi connectivity index (χ1n) is 8.31. The molecule has 134 valence electrons. The summed E-state index contributed by atoms with van der Waals surface area (Å²) in [4.78, 5) is 0.272. The third-order valence-corrected chi connectivity index (χ3v) is 5.89. The van der Waals surface area contributed by atoms with Crippen molar-refractivity contribution in [2.24, 2.45) is 0 Å². The van der Waals surface area contributed by atoms with Gasteiger partial charge < -0.3 is 9.47 Å². The number of hydrogen-bond donors (Lipinski definition) is 1. The SMILES string of the molecule is COc1ccc2c(c1)C[C@H](NS(=O)(=O)c1ccc(C(C)C)cc1)CO2. The van der Waals surface area contributed by atoms with Gasteiger partial charge in [-0.25, -0.2) is 13.1 Å². The maximum atomic E-state index is 12.6. The predicted molar refractivity (Wildman–Crippen MR) is 96.8 cm³/mol. The number of benzene rings is 2. The summed E-state index contributed by atoms with van der Waals surface area (Å²) < 4.78 is 38.9. The van der Waals surface area contributed by atoms with E-state index in [1.807, 2.05) is 30.3 Å². The monoisotopic (exact) mass is 361 g/mol. The van der Waals surface area contributed by atoms with E-state index in [0.29, 0.717) is 18.9 Å². The van der Waals surface area contributed by atoms with Crippen molar-refractivity contribution in [1.82, 2.24) is 4.72 Å². The zero-order valence-corrected chi connectivity index (χ0v) is 15.5. The Hall–Kier alpha value is -2.05. The lowest BCUT2D eigenvalue weighted by atomic mass is 10.0. The Bertz CT molecular complexity index is 844. The summed E-state index contributed by atoms with van der Waals surface area (Å²) in [6.07, 6.45) is 0.565. The second-order valence-corrected chi connectivity index (χ2v) is 8.24. The Morgan fingerprint density at radius 2 is 1.88 bits per heavy atom. The van der Waals surface area contributed by atoms with E-state index in [9.17, 15) is 8.42 Å². The zero-order valence-electron chi connectivity index (χ0n) is 14.7. The van der Waals surface area contributed by atoms with Gasteiger partial charge >= 0.3 is 0 Å². The van der Waals surface area contributed by atoms with Gasteiger partial charge in [0, 0.05) is 0 Å². The first-order chi connectivity index (χ1) is 11.9. The fourth-order valence-corrected chi connectivity index (χ4v) is 4.11. The van der Waals surface area contributed by atoms with E-state index in [0.717, 1.165) is 22.6 Å². The number of hydrogen-bond acceptors (Lipinski definition) is 4. The summed E-state index contributed by atoms with van der Waals surface area (Å²) >= 11 is 0. The lowest BCUT2D eigenvalue weighted by Crippen LogP contribution is -2.42. The van der Waals surface area contributed by atoms with E-state index in [4.69, 9.17) is 9.47 Å². The predicted octanol–water partition coefficient (Wildman–Crippen LogP) is 3.10. The molecule has 1 aliphatic heterocycles. The van der Waals surface area contributed by atoms with Crippen LogP contribution in [0.1, 0.15) is 30.9 Å². The van der Waals surface area contributed by atoms with Gasteiger partial charge in [-0.05, 0) is 53.8 Å². The number of ether oxygens (including phenoxy) is 2. The van der Waals surface area contributed by atoms with Crippen LogP contribution in [-0.4, -0.2) is 28.2 Å². The fourth-order valence-electron chi connectivity index (χ4n) is 2.89. The number of sulfonamides is 1. The van der Waals surface area contributed by atoms with Crippen molar-refractivity contribution in [3.05, 3.63) is 53.6 Å². The number of methoxy groups -OCH3 is 1. The van der Waals surface area contributed by atoms with Crippen molar-refractivity contribution < 1.29 is 17.9 Å². The van der Waals surface area contributed by atoms with Crippen LogP contribution >= 0.6 is 0 Å². The smallest absolute Gasteiger partial charge is 0.240 e. The molecule has 25 heavy (non-hydrogen) atoms. The molecule has 0 spiro atoms. The van der Waals surface area contributed by atoms with Gasteiger partial charge in [0.05, 0.1) is 18.0 Å². The first-order valence-corrected chi connectivity index (χ1v) is 9.79. The average molecular weight is 361 g/mol. The molecule has 3 rings (SSSR count). The van der Waals surface area contributed by atoms with Crippen molar-refractivity contribution in [2.75, 3.05) is 13.7 Å². The van der Waals surface area contributed by atoms with E-state index >= 15 is 0 Å². The van der Waals surface area contributed by atoms with Gasteiger partial charge in [0.2, 0.25) is 10.0 Å². The van der Waals surface area contributed by atoms with Crippen LogP contribution in [0.2, 0.25) is 0 Å². The summed E-state index contributed by atoms with van der Waals surface area (Å²) in [6, 6.07) is 12.3. The lowest BCUT2D eigenvalue weighted by molar-refractivity contribution is 0.253. The molecule has 0 radical (unpaired) electrons. The Labute approximate surface area is 149 Å². The van der Waals surface area contributed by atoms with Crippen LogP contribution in [0.4, 0.5) is 0 Å². The molecule has 0 unspecified atom stereocenters. The van der Waals surface area contributed by atoms with E-state index < -0.39 is 10.0 Å². The standard InChI is InChI=1S/C19H23NO4S/c1-13(2)14-4-7-18(8-5-14)25(21,22)20-16-10-15-11-17(23-3)6-9-19(15)24-12-16/h4-9,11,13,16,20H,10,12H2,1-3H3/t16-/m0/s1. The molecule has 0 fully saturated rings. The lowest BCUT2D eigenvalue weighted by Gasteiger charge is -2.26. The van der Waals surface area contributed by atoms with Gasteiger partial charge in [-0.15, -0.1) is 0 Å². The van der Waals surface area contributed by atoms with Crippen molar-refractivity contribution in [1.29, 1.82) is 0 Å². The molecule has 0 aliphatic carbocycles. The van der Waals surface area contributed by atoms with Crippen LogP contribution in [0.5, 0.6) is 11.5 Å². The Morgan fingerprint density at radius 1 is 1.16 bits per heavy atom. The molecule has 0 saturated carbocycles. The molecular formula is C19H23NO4S. The molecule has 1 atom stereocenters. The number of fused-ring (bicyclic) bond motifs is 1. The molecule has 6 heteroatoms. The molecule has 0 saturated heterocycles. The zero-order chi connectivity index (χ0) is 18.0. The van der Waals surface area contributed by atoms with Gasteiger partial charge in [0.1, 0.15) is 18.1 Å². The first kappa shape index (κ1) is 17.8. The van der Waals surface area contributed by atoms with Gasteiger partial charge in [-0.1, -0.05) is 26.0 Å². The molecule has 1 N–H and O–H groups in total. The van der Waals surface area contributed by atoms with Crippen LogP contribution < -0.4 is 14.2 Å². The second kappa shape index (κ2) is 7.06. The molecule has 2 aromatic rings. The summed E-state index contributed by atoms with van der Waals surface area (Å²) in [5.74, 6) is 1.87. The minimum Gasteiger partial charge on any atom is -0.497 e. The van der Waals surface area contributed by atoms with Crippen molar-refractivity contribution in [3.63, 3.8) is 0 Å². The normalized spacial score (nSPS) is 17.0. The second-order valence-electron chi connectivity index (χ2n) is 6.53. The molecular weight excluding hydrogens is 338 g/mol. The van der Waals surface area contributed by atoms with Gasteiger partial charge in [-0.2, -0.15) is 0 Å². The average Bonchev–Trinajstić information content (AvgIpc) is 2.60. The summed E-state index contributed by atoms with van der Waals surface area (Å²) in [5, 5.41) is 0. The largest absolute Gasteiger partial charge is 0.497 e. The van der Waals surface area contributed by atoms with E-state index in [1.54, 1.807) is 19.2 Å². The third-order valence-electron chi connectivity index (χ3n) is 4.35. The van der Waals surface area contributed by atoms with Crippen LogP contribution in [0.3, 0.4) is 0 Å². The molecule has 5 nitrogen and oxygen atoms in total. The molecule has 2 aromatic carbocycles. The summed E-state index contributed by atoms with van der Waals surface area (Å²) in [5.41, 5.74) is 2.05. The van der Waals surface area contributed by atoms with Gasteiger partial charge in [0.25, 0.3) is 0 Å². The summed E-state index contributed by atoms with van der Waals surface area (Å²) in [7, 11) is -1.98. The van der Waals surface area contributed by atoms with Gasteiger partial charge in [-0.3, -0.25) is 0 Å². The molecule has 0 bridgehead atoms. The molecule has 1 heterocycles.